The van der Waals surface area contributed by atoms with Gasteiger partial charge in [-0.1, -0.05) is 6.92 Å². The fraction of sp³-hybridized carbons (Fsp3) is 0.333. The van der Waals surface area contributed by atoms with E-state index in [9.17, 15) is 9.90 Å². The van der Waals surface area contributed by atoms with Gasteiger partial charge < -0.3 is 9.84 Å². The number of rotatable bonds is 3. The first-order valence-corrected chi connectivity index (χ1v) is 4.94. The van der Waals surface area contributed by atoms with E-state index in [1.165, 1.54) is 13.2 Å². The van der Waals surface area contributed by atoms with E-state index >= 15 is 0 Å². The van der Waals surface area contributed by atoms with Gasteiger partial charge in [0.05, 0.1) is 25.2 Å². The van der Waals surface area contributed by atoms with Crippen LogP contribution in [0, 0.1) is 11.3 Å². The minimum atomic E-state index is -0.438. The number of aryl methyl sites for hydroxylation is 1. The predicted molar refractivity (Wildman–Crippen MR) is 57.9 cm³/mol. The molecule has 0 bridgehead atoms. The summed E-state index contributed by atoms with van der Waals surface area (Å²) in [7, 11) is 1.29. The topological polar surface area (TPSA) is 70.3 Å². The highest BCUT2D eigenvalue weighted by Crippen LogP contribution is 2.25. The maximum atomic E-state index is 11.1. The molecule has 0 heterocycles. The number of methoxy groups -OCH3 is 1. The Bertz CT molecular complexity index is 446. The van der Waals surface area contributed by atoms with E-state index < -0.39 is 5.97 Å². The van der Waals surface area contributed by atoms with Crippen LogP contribution >= 0.6 is 0 Å². The summed E-state index contributed by atoms with van der Waals surface area (Å²) < 4.78 is 4.52. The van der Waals surface area contributed by atoms with Gasteiger partial charge in [-0.05, 0) is 24.1 Å². The molecule has 0 aromatic heterocycles. The normalized spacial score (nSPS) is 9.56. The highest BCUT2D eigenvalue weighted by Gasteiger charge is 2.12. The smallest absolute Gasteiger partial charge is 0.310 e. The van der Waals surface area contributed by atoms with Crippen molar-refractivity contribution in [3.8, 4) is 11.8 Å². The van der Waals surface area contributed by atoms with E-state index in [2.05, 4.69) is 4.74 Å². The van der Waals surface area contributed by atoms with Crippen LogP contribution in [-0.4, -0.2) is 18.2 Å². The molecule has 0 aliphatic carbocycles. The van der Waals surface area contributed by atoms with Crippen molar-refractivity contribution in [1.82, 2.24) is 0 Å². The molecule has 4 heteroatoms. The predicted octanol–water partition coefficient (Wildman–Crippen LogP) is 1.54. The van der Waals surface area contributed by atoms with E-state index in [1.807, 2.05) is 13.0 Å². The van der Waals surface area contributed by atoms with Crippen LogP contribution in [0.4, 0.5) is 0 Å². The second-order valence-corrected chi connectivity index (χ2v) is 3.36. The Morgan fingerprint density at radius 1 is 1.50 bits per heavy atom. The highest BCUT2D eigenvalue weighted by molar-refractivity contribution is 5.74. The van der Waals surface area contributed by atoms with Crippen molar-refractivity contribution < 1.29 is 14.6 Å². The molecule has 0 aliphatic heterocycles. The van der Waals surface area contributed by atoms with Crippen LogP contribution < -0.4 is 0 Å². The monoisotopic (exact) mass is 219 g/mol. The van der Waals surface area contributed by atoms with E-state index in [-0.39, 0.29) is 12.2 Å². The number of nitrogens with zero attached hydrogens (tertiary/aromatic N) is 1. The van der Waals surface area contributed by atoms with Crippen molar-refractivity contribution in [1.29, 1.82) is 5.26 Å². The average Bonchev–Trinajstić information content (AvgIpc) is 2.31. The van der Waals surface area contributed by atoms with Gasteiger partial charge in [0.1, 0.15) is 5.75 Å². The first-order valence-electron chi connectivity index (χ1n) is 4.94. The molecule has 1 rings (SSSR count). The lowest BCUT2D eigenvalue weighted by Crippen LogP contribution is -2.05. The number of carbonyl (C=O) groups is 1. The summed E-state index contributed by atoms with van der Waals surface area (Å²) >= 11 is 0. The zero-order chi connectivity index (χ0) is 12.1. The van der Waals surface area contributed by atoms with Gasteiger partial charge in [0.15, 0.2) is 0 Å². The van der Waals surface area contributed by atoms with Crippen LogP contribution in [0.1, 0.15) is 23.6 Å². The number of nitriles is 1. The molecule has 1 N–H and O–H groups in total. The fourth-order valence-electron chi connectivity index (χ4n) is 1.46. The number of phenolic OH excluding ortho intramolecular Hbond substituents is 1. The Labute approximate surface area is 94.1 Å². The Balaban J connectivity index is 3.17. The summed E-state index contributed by atoms with van der Waals surface area (Å²) in [5, 5.41) is 18.7. The number of hydrogen-bond donors (Lipinski definition) is 1. The standard InChI is InChI=1S/C12H13NO3/c1-3-9-4-8(7-13)5-10(12(9)15)6-11(14)16-2/h4-5,15H,3,6H2,1-2H3. The lowest BCUT2D eigenvalue weighted by Gasteiger charge is -2.08. The molecule has 1 aromatic carbocycles. The number of phenols is 1. The van der Waals surface area contributed by atoms with Crippen molar-refractivity contribution in [2.24, 2.45) is 0 Å². The van der Waals surface area contributed by atoms with Crippen molar-refractivity contribution in [3.05, 3.63) is 28.8 Å². The van der Waals surface area contributed by atoms with Crippen LogP contribution in [0.3, 0.4) is 0 Å². The molecule has 16 heavy (non-hydrogen) atoms. The SMILES string of the molecule is CCc1cc(C#N)cc(CC(=O)OC)c1O. The summed E-state index contributed by atoms with van der Waals surface area (Å²) in [5.41, 5.74) is 1.54. The van der Waals surface area contributed by atoms with Crippen LogP contribution in [0.15, 0.2) is 12.1 Å². The number of benzene rings is 1. The molecular formula is C12H13NO3. The lowest BCUT2D eigenvalue weighted by atomic mass is 10.0. The Morgan fingerprint density at radius 2 is 2.12 bits per heavy atom. The molecule has 0 unspecified atom stereocenters. The van der Waals surface area contributed by atoms with Gasteiger partial charge in [-0.25, -0.2) is 0 Å². The minimum absolute atomic E-state index is 0.0230. The first kappa shape index (κ1) is 12.1. The molecule has 0 radical (unpaired) electrons. The number of esters is 1. The summed E-state index contributed by atoms with van der Waals surface area (Å²) in [6.07, 6.45) is 0.584. The van der Waals surface area contributed by atoms with Crippen LogP contribution in [-0.2, 0) is 22.4 Å². The van der Waals surface area contributed by atoms with E-state index in [0.29, 0.717) is 23.1 Å². The third kappa shape index (κ3) is 2.51. The van der Waals surface area contributed by atoms with Gasteiger partial charge in [0.25, 0.3) is 0 Å². The number of ether oxygens (including phenoxy) is 1. The van der Waals surface area contributed by atoms with E-state index in [4.69, 9.17) is 5.26 Å². The molecule has 1 aromatic rings. The number of aromatic hydroxyl groups is 1. The van der Waals surface area contributed by atoms with Crippen molar-refractivity contribution in [3.63, 3.8) is 0 Å². The molecule has 0 aliphatic rings. The number of hydrogen-bond acceptors (Lipinski definition) is 4. The maximum absolute atomic E-state index is 11.1. The van der Waals surface area contributed by atoms with Gasteiger partial charge in [0.2, 0.25) is 0 Å². The molecule has 0 amide bonds. The highest BCUT2D eigenvalue weighted by atomic mass is 16.5. The van der Waals surface area contributed by atoms with E-state index in [0.717, 1.165) is 0 Å². The summed E-state index contributed by atoms with van der Waals surface area (Å²) in [4.78, 5) is 11.1. The van der Waals surface area contributed by atoms with Crippen molar-refractivity contribution >= 4 is 5.97 Å². The molecule has 0 fully saturated rings. The minimum Gasteiger partial charge on any atom is -0.507 e. The van der Waals surface area contributed by atoms with Gasteiger partial charge >= 0.3 is 5.97 Å². The lowest BCUT2D eigenvalue weighted by molar-refractivity contribution is -0.139. The quantitative estimate of drug-likeness (QED) is 0.783. The Kier molecular flexibility index (Phi) is 3.90. The fourth-order valence-corrected chi connectivity index (χ4v) is 1.46. The Morgan fingerprint density at radius 3 is 2.62 bits per heavy atom. The molecule has 4 nitrogen and oxygen atoms in total. The molecular weight excluding hydrogens is 206 g/mol. The summed E-state index contributed by atoms with van der Waals surface area (Å²) in [5.74, 6) is -0.362. The number of carbonyl (C=O) groups excluding carboxylic acids is 1. The first-order chi connectivity index (χ1) is 7.62. The largest absolute Gasteiger partial charge is 0.507 e. The van der Waals surface area contributed by atoms with Crippen molar-refractivity contribution in [2.75, 3.05) is 7.11 Å². The summed E-state index contributed by atoms with van der Waals surface area (Å²) in [6.45, 7) is 1.87. The van der Waals surface area contributed by atoms with E-state index in [1.54, 1.807) is 6.07 Å². The van der Waals surface area contributed by atoms with Crippen LogP contribution in [0.2, 0.25) is 0 Å². The Hall–Kier alpha value is -2.02. The third-order valence-electron chi connectivity index (χ3n) is 2.34. The third-order valence-corrected chi connectivity index (χ3v) is 2.34. The van der Waals surface area contributed by atoms with Crippen LogP contribution in [0.25, 0.3) is 0 Å². The van der Waals surface area contributed by atoms with Crippen LogP contribution in [0.5, 0.6) is 5.75 Å². The van der Waals surface area contributed by atoms with Gasteiger partial charge in [-0.2, -0.15) is 5.26 Å². The molecule has 0 atom stereocenters. The average molecular weight is 219 g/mol. The molecule has 84 valence electrons. The van der Waals surface area contributed by atoms with Crippen molar-refractivity contribution in [2.45, 2.75) is 19.8 Å². The van der Waals surface area contributed by atoms with Gasteiger partial charge in [0, 0.05) is 5.56 Å². The summed E-state index contributed by atoms with van der Waals surface area (Å²) in [6, 6.07) is 5.12. The second-order valence-electron chi connectivity index (χ2n) is 3.36. The zero-order valence-electron chi connectivity index (χ0n) is 9.28. The molecule has 0 spiro atoms. The zero-order valence-corrected chi connectivity index (χ0v) is 9.28. The van der Waals surface area contributed by atoms with Gasteiger partial charge in [-0.15, -0.1) is 0 Å². The second kappa shape index (κ2) is 5.17. The molecule has 0 saturated heterocycles. The maximum Gasteiger partial charge on any atom is 0.310 e. The molecule has 0 saturated carbocycles. The van der Waals surface area contributed by atoms with Gasteiger partial charge in [-0.3, -0.25) is 4.79 Å².